The van der Waals surface area contributed by atoms with E-state index < -0.39 is 16.1 Å². The first-order valence-corrected chi connectivity index (χ1v) is 9.33. The van der Waals surface area contributed by atoms with E-state index in [1.54, 1.807) is 19.1 Å². The fraction of sp³-hybridized carbons (Fsp3) is 0.562. The molecule has 23 heavy (non-hydrogen) atoms. The molecule has 0 aliphatic heterocycles. The molecule has 1 aliphatic carbocycles. The highest BCUT2D eigenvalue weighted by Crippen LogP contribution is 2.23. The molecule has 1 aromatic carbocycles. The van der Waals surface area contributed by atoms with E-state index in [0.29, 0.717) is 18.2 Å². The van der Waals surface area contributed by atoms with Gasteiger partial charge in [0.2, 0.25) is 10.0 Å². The lowest BCUT2D eigenvalue weighted by Gasteiger charge is -2.16. The Morgan fingerprint density at radius 2 is 1.83 bits per heavy atom. The molecule has 1 aliphatic rings. The van der Waals surface area contributed by atoms with Crippen molar-refractivity contribution in [3.8, 4) is 5.75 Å². The van der Waals surface area contributed by atoms with Gasteiger partial charge in [0.25, 0.3) is 5.91 Å². The predicted molar refractivity (Wildman–Crippen MR) is 87.7 cm³/mol. The fourth-order valence-corrected chi connectivity index (χ4v) is 3.20. The van der Waals surface area contributed by atoms with Crippen molar-refractivity contribution in [1.29, 1.82) is 0 Å². The Kier molecular flexibility index (Phi) is 5.64. The lowest BCUT2D eigenvalue weighted by molar-refractivity contribution is -0.127. The Bertz CT molecular complexity index is 637. The van der Waals surface area contributed by atoms with E-state index in [9.17, 15) is 13.2 Å². The molecule has 2 rings (SSSR count). The maximum Gasteiger partial charge on any atom is 0.260 e. The van der Waals surface area contributed by atoms with Gasteiger partial charge in [-0.1, -0.05) is 13.8 Å². The van der Waals surface area contributed by atoms with Crippen molar-refractivity contribution in [3.63, 3.8) is 0 Å². The number of rotatable bonds is 8. The number of benzene rings is 1. The van der Waals surface area contributed by atoms with Crippen molar-refractivity contribution in [2.45, 2.75) is 50.7 Å². The maximum absolute atomic E-state index is 12.1. The van der Waals surface area contributed by atoms with Gasteiger partial charge in [-0.2, -0.15) is 0 Å². The standard InChI is InChI=1S/C16H24N2O4S/c1-11(2)10-17-16(19)12(3)22-14-6-8-15(9-7-14)23(20,21)18-13-4-5-13/h6-9,11-13,18H,4-5,10H2,1-3H3,(H,17,19)/t12-/m0/s1. The van der Waals surface area contributed by atoms with Gasteiger partial charge in [-0.15, -0.1) is 0 Å². The summed E-state index contributed by atoms with van der Waals surface area (Å²) < 4.78 is 32.3. The van der Waals surface area contributed by atoms with Crippen LogP contribution in [0.5, 0.6) is 5.75 Å². The van der Waals surface area contributed by atoms with Crippen LogP contribution in [-0.2, 0) is 14.8 Å². The van der Waals surface area contributed by atoms with Gasteiger partial charge in [0.1, 0.15) is 5.75 Å². The van der Waals surface area contributed by atoms with Gasteiger partial charge in [-0.25, -0.2) is 13.1 Å². The Balaban J connectivity index is 1.92. The molecule has 0 aromatic heterocycles. The number of hydrogen-bond donors (Lipinski definition) is 2. The van der Waals surface area contributed by atoms with Crippen LogP contribution in [0.4, 0.5) is 0 Å². The van der Waals surface area contributed by atoms with Crippen molar-refractivity contribution in [1.82, 2.24) is 10.0 Å². The first-order chi connectivity index (χ1) is 10.8. The molecule has 128 valence electrons. The van der Waals surface area contributed by atoms with Gasteiger partial charge in [0, 0.05) is 12.6 Å². The van der Waals surface area contributed by atoms with Gasteiger partial charge in [-0.05, 0) is 49.9 Å². The molecular weight excluding hydrogens is 316 g/mol. The molecule has 0 saturated heterocycles. The lowest BCUT2D eigenvalue weighted by Crippen LogP contribution is -2.38. The van der Waals surface area contributed by atoms with E-state index >= 15 is 0 Å². The SMILES string of the molecule is CC(C)CNC(=O)[C@H](C)Oc1ccc(S(=O)(=O)NC2CC2)cc1. The molecule has 2 N–H and O–H groups in total. The normalized spacial score (nSPS) is 16.2. The first kappa shape index (κ1) is 17.7. The zero-order valence-corrected chi connectivity index (χ0v) is 14.5. The zero-order valence-electron chi connectivity index (χ0n) is 13.7. The topological polar surface area (TPSA) is 84.5 Å². The average molecular weight is 340 g/mol. The Labute approximate surface area is 137 Å². The molecule has 0 radical (unpaired) electrons. The third-order valence-electron chi connectivity index (χ3n) is 3.40. The molecule has 0 bridgehead atoms. The highest BCUT2D eigenvalue weighted by atomic mass is 32.2. The maximum atomic E-state index is 12.1. The van der Waals surface area contributed by atoms with Crippen LogP contribution in [0.2, 0.25) is 0 Å². The molecule has 7 heteroatoms. The second-order valence-electron chi connectivity index (χ2n) is 6.27. The van der Waals surface area contributed by atoms with Gasteiger partial charge in [0.05, 0.1) is 4.90 Å². The number of nitrogens with one attached hydrogen (secondary N) is 2. The number of hydrogen-bond acceptors (Lipinski definition) is 4. The van der Waals surface area contributed by atoms with E-state index in [4.69, 9.17) is 4.74 Å². The first-order valence-electron chi connectivity index (χ1n) is 7.84. The Morgan fingerprint density at radius 3 is 2.35 bits per heavy atom. The minimum absolute atomic E-state index is 0.0700. The molecule has 1 atom stereocenters. The summed E-state index contributed by atoms with van der Waals surface area (Å²) in [6.07, 6.45) is 1.15. The smallest absolute Gasteiger partial charge is 0.260 e. The minimum atomic E-state index is -3.46. The zero-order chi connectivity index (χ0) is 17.0. The molecular formula is C16H24N2O4S. The van der Waals surface area contributed by atoms with Crippen LogP contribution in [0.3, 0.4) is 0 Å². The number of sulfonamides is 1. The van der Waals surface area contributed by atoms with E-state index in [0.717, 1.165) is 12.8 Å². The number of ether oxygens (including phenoxy) is 1. The van der Waals surface area contributed by atoms with Crippen molar-refractivity contribution < 1.29 is 17.9 Å². The van der Waals surface area contributed by atoms with Crippen LogP contribution < -0.4 is 14.8 Å². The van der Waals surface area contributed by atoms with Crippen LogP contribution in [0.25, 0.3) is 0 Å². The van der Waals surface area contributed by atoms with Crippen molar-refractivity contribution in [2.75, 3.05) is 6.54 Å². The summed E-state index contributed by atoms with van der Waals surface area (Å²) >= 11 is 0. The second kappa shape index (κ2) is 7.31. The van der Waals surface area contributed by atoms with Gasteiger partial charge >= 0.3 is 0 Å². The van der Waals surface area contributed by atoms with E-state index in [-0.39, 0.29) is 16.8 Å². The minimum Gasteiger partial charge on any atom is -0.481 e. The largest absolute Gasteiger partial charge is 0.481 e. The summed E-state index contributed by atoms with van der Waals surface area (Å²) in [5.74, 6) is 0.642. The fourth-order valence-electron chi connectivity index (χ4n) is 1.89. The Hall–Kier alpha value is -1.60. The summed E-state index contributed by atoms with van der Waals surface area (Å²) in [7, 11) is -3.46. The highest BCUT2D eigenvalue weighted by Gasteiger charge is 2.27. The van der Waals surface area contributed by atoms with Crippen molar-refractivity contribution >= 4 is 15.9 Å². The molecule has 0 unspecified atom stereocenters. The quantitative estimate of drug-likeness (QED) is 0.754. The van der Waals surface area contributed by atoms with E-state index in [2.05, 4.69) is 10.0 Å². The van der Waals surface area contributed by atoms with Gasteiger partial charge in [0.15, 0.2) is 6.10 Å². The molecule has 1 saturated carbocycles. The molecule has 6 nitrogen and oxygen atoms in total. The van der Waals surface area contributed by atoms with Crippen LogP contribution in [0.1, 0.15) is 33.6 Å². The summed E-state index contributed by atoms with van der Waals surface area (Å²) in [6.45, 7) is 6.28. The van der Waals surface area contributed by atoms with Gasteiger partial charge < -0.3 is 10.1 Å². The summed E-state index contributed by atoms with van der Waals surface area (Å²) in [6, 6.07) is 6.17. The number of carbonyl (C=O) groups excluding carboxylic acids is 1. The third-order valence-corrected chi connectivity index (χ3v) is 4.94. The van der Waals surface area contributed by atoms with Gasteiger partial charge in [-0.3, -0.25) is 4.79 Å². The average Bonchev–Trinajstić information content (AvgIpc) is 3.28. The van der Waals surface area contributed by atoms with E-state index in [1.165, 1.54) is 12.1 Å². The second-order valence-corrected chi connectivity index (χ2v) is 7.98. The van der Waals surface area contributed by atoms with Crippen molar-refractivity contribution in [3.05, 3.63) is 24.3 Å². The number of amides is 1. The summed E-state index contributed by atoms with van der Waals surface area (Å²) in [5, 5.41) is 2.80. The molecule has 1 aromatic rings. The third kappa shape index (κ3) is 5.51. The molecule has 1 amide bonds. The number of carbonyl (C=O) groups is 1. The monoisotopic (exact) mass is 340 g/mol. The van der Waals surface area contributed by atoms with Crippen molar-refractivity contribution in [2.24, 2.45) is 5.92 Å². The van der Waals surface area contributed by atoms with Crippen LogP contribution in [0.15, 0.2) is 29.2 Å². The highest BCUT2D eigenvalue weighted by molar-refractivity contribution is 7.89. The van der Waals surface area contributed by atoms with Crippen LogP contribution >= 0.6 is 0 Å². The summed E-state index contributed by atoms with van der Waals surface area (Å²) in [5.41, 5.74) is 0. The Morgan fingerprint density at radius 1 is 1.22 bits per heavy atom. The van der Waals surface area contributed by atoms with E-state index in [1.807, 2.05) is 13.8 Å². The summed E-state index contributed by atoms with van der Waals surface area (Å²) in [4.78, 5) is 12.1. The molecule has 1 fully saturated rings. The predicted octanol–water partition coefficient (Wildman–Crippen LogP) is 1.67. The van der Waals surface area contributed by atoms with Crippen LogP contribution in [0, 0.1) is 5.92 Å². The molecule has 0 heterocycles. The lowest BCUT2D eigenvalue weighted by atomic mass is 10.2. The molecule has 0 spiro atoms. The van der Waals surface area contributed by atoms with Crippen LogP contribution in [-0.4, -0.2) is 33.0 Å².